The van der Waals surface area contributed by atoms with E-state index in [1.54, 1.807) is 6.20 Å². The van der Waals surface area contributed by atoms with Crippen LogP contribution in [0.2, 0.25) is 0 Å². The van der Waals surface area contributed by atoms with E-state index in [9.17, 15) is 9.90 Å². The summed E-state index contributed by atoms with van der Waals surface area (Å²) in [6.45, 7) is 2.39. The van der Waals surface area contributed by atoms with Crippen LogP contribution in [0.1, 0.15) is 61.7 Å². The van der Waals surface area contributed by atoms with Gasteiger partial charge in [-0.05, 0) is 56.6 Å². The first-order valence-corrected chi connectivity index (χ1v) is 9.39. The van der Waals surface area contributed by atoms with Gasteiger partial charge in [-0.3, -0.25) is 4.79 Å². The highest BCUT2D eigenvalue weighted by Gasteiger charge is 2.22. The first-order valence-electron chi connectivity index (χ1n) is 9.39. The van der Waals surface area contributed by atoms with Crippen molar-refractivity contribution in [1.29, 1.82) is 0 Å². The summed E-state index contributed by atoms with van der Waals surface area (Å²) in [7, 11) is 0. The van der Waals surface area contributed by atoms with Gasteiger partial charge in [0.2, 0.25) is 0 Å². The number of pyridine rings is 1. The molecule has 1 aliphatic heterocycles. The lowest BCUT2D eigenvalue weighted by Crippen LogP contribution is -2.38. The maximum absolute atomic E-state index is 12.4. The lowest BCUT2D eigenvalue weighted by atomic mass is 9.86. The third kappa shape index (κ3) is 4.47. The molecule has 24 heavy (non-hydrogen) atoms. The molecule has 1 saturated heterocycles. The normalized spacial score (nSPS) is 25.1. The maximum Gasteiger partial charge on any atom is 0.253 e. The van der Waals surface area contributed by atoms with E-state index in [-0.39, 0.29) is 18.6 Å². The van der Waals surface area contributed by atoms with E-state index < -0.39 is 0 Å². The van der Waals surface area contributed by atoms with Crippen molar-refractivity contribution in [2.75, 3.05) is 24.6 Å². The smallest absolute Gasteiger partial charge is 0.253 e. The summed E-state index contributed by atoms with van der Waals surface area (Å²) in [6, 6.07) is 4.09. The summed E-state index contributed by atoms with van der Waals surface area (Å²) in [5.41, 5.74) is 0.637. The molecule has 1 aliphatic carbocycles. The van der Waals surface area contributed by atoms with Gasteiger partial charge in [0.25, 0.3) is 5.91 Å². The van der Waals surface area contributed by atoms with Crippen molar-refractivity contribution in [2.45, 2.75) is 57.4 Å². The molecule has 0 spiro atoms. The second kappa shape index (κ2) is 8.47. The molecule has 0 radical (unpaired) electrons. The molecule has 5 heteroatoms. The van der Waals surface area contributed by atoms with E-state index in [4.69, 9.17) is 0 Å². The van der Waals surface area contributed by atoms with Crippen molar-refractivity contribution in [2.24, 2.45) is 5.92 Å². The Bertz CT molecular complexity index is 516. The number of amides is 1. The van der Waals surface area contributed by atoms with Gasteiger partial charge in [-0.25, -0.2) is 4.98 Å². The average molecular weight is 331 g/mol. The lowest BCUT2D eigenvalue weighted by Gasteiger charge is -2.28. The molecule has 0 bridgehead atoms. The summed E-state index contributed by atoms with van der Waals surface area (Å²) in [5.74, 6) is 1.36. The molecule has 1 aromatic rings. The summed E-state index contributed by atoms with van der Waals surface area (Å²) in [6.07, 6.45) is 10.6. The summed E-state index contributed by atoms with van der Waals surface area (Å²) >= 11 is 0. The lowest BCUT2D eigenvalue weighted by molar-refractivity contribution is 0.0913. The number of carbonyl (C=O) groups is 1. The highest BCUT2D eigenvalue weighted by Crippen LogP contribution is 2.24. The number of hydrogen-bond donors (Lipinski definition) is 2. The van der Waals surface area contributed by atoms with Gasteiger partial charge < -0.3 is 15.3 Å². The molecular weight excluding hydrogens is 302 g/mol. The van der Waals surface area contributed by atoms with E-state index in [2.05, 4.69) is 15.2 Å². The molecular formula is C19H29N3O2. The van der Waals surface area contributed by atoms with Crippen LogP contribution < -0.4 is 10.2 Å². The standard InChI is InChI=1S/C19H29N3O2/c23-14-15-5-8-17(9-6-15)21-19(24)16-7-10-18(20-13-16)22-11-3-1-2-4-12-22/h7,10,13,15,17,23H,1-6,8-9,11-12,14H2,(H,21,24). The number of aromatic nitrogens is 1. The molecule has 1 saturated carbocycles. The Morgan fingerprint density at radius 2 is 1.83 bits per heavy atom. The van der Waals surface area contributed by atoms with Crippen molar-refractivity contribution in [3.63, 3.8) is 0 Å². The predicted octanol–water partition coefficient (Wildman–Crippen LogP) is 2.74. The van der Waals surface area contributed by atoms with E-state index in [1.807, 2.05) is 12.1 Å². The zero-order valence-electron chi connectivity index (χ0n) is 14.4. The molecule has 3 rings (SSSR count). The number of aliphatic hydroxyl groups is 1. The number of aliphatic hydroxyl groups excluding tert-OH is 1. The van der Waals surface area contributed by atoms with E-state index >= 15 is 0 Å². The SMILES string of the molecule is O=C(NC1CCC(CO)CC1)c1ccc(N2CCCCCC2)nc1. The fourth-order valence-corrected chi connectivity index (χ4v) is 3.77. The van der Waals surface area contributed by atoms with Crippen molar-refractivity contribution >= 4 is 11.7 Å². The monoisotopic (exact) mass is 331 g/mol. The van der Waals surface area contributed by atoms with Gasteiger partial charge in [-0.15, -0.1) is 0 Å². The second-order valence-corrected chi connectivity index (χ2v) is 7.18. The largest absolute Gasteiger partial charge is 0.396 e. The number of nitrogens with one attached hydrogen (secondary N) is 1. The predicted molar refractivity (Wildman–Crippen MR) is 95.2 cm³/mol. The average Bonchev–Trinajstić information content (AvgIpc) is 2.92. The molecule has 2 aliphatic rings. The molecule has 0 aromatic carbocycles. The van der Waals surface area contributed by atoms with Gasteiger partial charge in [0.05, 0.1) is 5.56 Å². The van der Waals surface area contributed by atoms with Crippen LogP contribution in [-0.4, -0.2) is 41.7 Å². The Morgan fingerprint density at radius 1 is 1.12 bits per heavy atom. The first kappa shape index (κ1) is 17.2. The number of hydrogen-bond acceptors (Lipinski definition) is 4. The molecule has 2 N–H and O–H groups in total. The zero-order valence-corrected chi connectivity index (χ0v) is 14.4. The summed E-state index contributed by atoms with van der Waals surface area (Å²) in [5, 5.41) is 12.3. The van der Waals surface area contributed by atoms with Gasteiger partial charge in [0.1, 0.15) is 5.82 Å². The number of carbonyl (C=O) groups excluding carboxylic acids is 1. The molecule has 0 atom stereocenters. The topological polar surface area (TPSA) is 65.5 Å². The molecule has 0 unspecified atom stereocenters. The van der Waals surface area contributed by atoms with Crippen LogP contribution in [0.5, 0.6) is 0 Å². The number of rotatable bonds is 4. The van der Waals surface area contributed by atoms with Gasteiger partial charge in [-0.1, -0.05) is 12.8 Å². The van der Waals surface area contributed by atoms with Crippen LogP contribution >= 0.6 is 0 Å². The van der Waals surface area contributed by atoms with Crippen molar-refractivity contribution in [3.05, 3.63) is 23.9 Å². The fraction of sp³-hybridized carbons (Fsp3) is 0.684. The number of nitrogens with zero attached hydrogens (tertiary/aromatic N) is 2. The van der Waals surface area contributed by atoms with Crippen LogP contribution in [0, 0.1) is 5.92 Å². The Labute approximate surface area is 144 Å². The zero-order chi connectivity index (χ0) is 16.8. The first-order chi connectivity index (χ1) is 11.8. The van der Waals surface area contributed by atoms with Crippen LogP contribution in [0.15, 0.2) is 18.3 Å². The molecule has 132 valence electrons. The molecule has 5 nitrogen and oxygen atoms in total. The highest BCUT2D eigenvalue weighted by molar-refractivity contribution is 5.94. The molecule has 1 amide bonds. The van der Waals surface area contributed by atoms with Crippen LogP contribution in [-0.2, 0) is 0 Å². The maximum atomic E-state index is 12.4. The van der Waals surface area contributed by atoms with E-state index in [1.165, 1.54) is 25.7 Å². The summed E-state index contributed by atoms with van der Waals surface area (Å²) < 4.78 is 0. The minimum absolute atomic E-state index is 0.0302. The minimum atomic E-state index is -0.0302. The van der Waals surface area contributed by atoms with Crippen LogP contribution in [0.3, 0.4) is 0 Å². The number of anilines is 1. The van der Waals surface area contributed by atoms with E-state index in [0.717, 1.165) is 44.6 Å². The Balaban J connectivity index is 1.54. The Morgan fingerprint density at radius 3 is 2.42 bits per heavy atom. The third-order valence-electron chi connectivity index (χ3n) is 5.38. The fourth-order valence-electron chi connectivity index (χ4n) is 3.77. The molecule has 2 heterocycles. The molecule has 1 aromatic heterocycles. The third-order valence-corrected chi connectivity index (χ3v) is 5.38. The quantitative estimate of drug-likeness (QED) is 0.890. The van der Waals surface area contributed by atoms with Crippen LogP contribution in [0.25, 0.3) is 0 Å². The van der Waals surface area contributed by atoms with Gasteiger partial charge in [0, 0.05) is 31.9 Å². The van der Waals surface area contributed by atoms with Gasteiger partial charge in [-0.2, -0.15) is 0 Å². The van der Waals surface area contributed by atoms with Gasteiger partial charge >= 0.3 is 0 Å². The van der Waals surface area contributed by atoms with Crippen molar-refractivity contribution in [1.82, 2.24) is 10.3 Å². The Kier molecular flexibility index (Phi) is 6.07. The van der Waals surface area contributed by atoms with Crippen molar-refractivity contribution in [3.8, 4) is 0 Å². The highest BCUT2D eigenvalue weighted by atomic mass is 16.3. The van der Waals surface area contributed by atoms with Gasteiger partial charge in [0.15, 0.2) is 0 Å². The second-order valence-electron chi connectivity index (χ2n) is 7.18. The Hall–Kier alpha value is -1.62. The molecule has 2 fully saturated rings. The minimum Gasteiger partial charge on any atom is -0.396 e. The van der Waals surface area contributed by atoms with E-state index in [0.29, 0.717) is 11.5 Å². The van der Waals surface area contributed by atoms with Crippen LogP contribution in [0.4, 0.5) is 5.82 Å². The van der Waals surface area contributed by atoms with Crippen molar-refractivity contribution < 1.29 is 9.90 Å². The summed E-state index contributed by atoms with van der Waals surface area (Å²) in [4.78, 5) is 19.2.